The van der Waals surface area contributed by atoms with Crippen LogP contribution in [0.25, 0.3) is 0 Å². The summed E-state index contributed by atoms with van der Waals surface area (Å²) in [6, 6.07) is 4.95. The number of benzene rings is 1. The largest absolute Gasteiger partial charge is 0.381 e. The number of nitrogens with zero attached hydrogens (tertiary/aromatic N) is 2. The highest BCUT2D eigenvalue weighted by molar-refractivity contribution is 5.47. The summed E-state index contributed by atoms with van der Waals surface area (Å²) in [7, 11) is 1.66. The zero-order chi connectivity index (χ0) is 12.4. The average molecular weight is 239 g/mol. The number of nitrogens with two attached hydrogens (primary N) is 1. The second kappa shape index (κ2) is 4.40. The van der Waals surface area contributed by atoms with Gasteiger partial charge in [-0.15, -0.1) is 0 Å². The fourth-order valence-electron chi connectivity index (χ4n) is 1.51. The Morgan fingerprint density at radius 2 is 2.12 bits per heavy atom. The van der Waals surface area contributed by atoms with E-state index in [1.165, 1.54) is 12.1 Å². The molecule has 0 saturated carbocycles. The lowest BCUT2D eigenvalue weighted by Gasteiger charge is -2.17. The predicted octanol–water partition coefficient (Wildman–Crippen LogP) is 2.17. The summed E-state index contributed by atoms with van der Waals surface area (Å²) < 4.78 is 31.1. The van der Waals surface area contributed by atoms with Gasteiger partial charge in [0.05, 0.1) is 12.2 Å². The Morgan fingerprint density at radius 3 is 2.71 bits per heavy atom. The molecular weight excluding hydrogens is 228 g/mol. The molecule has 2 aromatic rings. The highest BCUT2D eigenvalue weighted by Crippen LogP contribution is 2.21. The first-order valence-corrected chi connectivity index (χ1v) is 4.93. The second-order valence-electron chi connectivity index (χ2n) is 3.67. The molecular formula is C11H11F2N3O. The maximum atomic E-state index is 13.5. The van der Waals surface area contributed by atoms with Crippen molar-refractivity contribution in [1.29, 1.82) is 0 Å². The second-order valence-corrected chi connectivity index (χ2v) is 3.67. The summed E-state index contributed by atoms with van der Waals surface area (Å²) in [6.45, 7) is 0.298. The summed E-state index contributed by atoms with van der Waals surface area (Å²) in [5, 5.41) is 3.52. The molecule has 0 aliphatic carbocycles. The van der Waals surface area contributed by atoms with E-state index < -0.39 is 11.6 Å². The number of anilines is 2. The summed E-state index contributed by atoms with van der Waals surface area (Å²) in [6.07, 6.45) is 0. The van der Waals surface area contributed by atoms with Crippen LogP contribution in [0.1, 0.15) is 5.76 Å². The van der Waals surface area contributed by atoms with E-state index in [-0.39, 0.29) is 11.5 Å². The van der Waals surface area contributed by atoms with Gasteiger partial charge >= 0.3 is 0 Å². The lowest BCUT2D eigenvalue weighted by atomic mass is 10.2. The Bertz CT molecular complexity index is 527. The van der Waals surface area contributed by atoms with E-state index in [4.69, 9.17) is 10.3 Å². The summed E-state index contributed by atoms with van der Waals surface area (Å²) in [5.41, 5.74) is 5.67. The number of hydrogen-bond acceptors (Lipinski definition) is 4. The fourth-order valence-corrected chi connectivity index (χ4v) is 1.51. The number of rotatable bonds is 3. The number of halogens is 2. The molecule has 0 spiro atoms. The Morgan fingerprint density at radius 1 is 1.35 bits per heavy atom. The molecule has 1 aromatic carbocycles. The molecule has 0 bridgehead atoms. The topological polar surface area (TPSA) is 55.3 Å². The standard InChI is InChI=1S/C11H11F2N3O/c1-16(6-8-5-11(14)15-17-8)10-3-2-7(12)4-9(10)13/h2-5H,6H2,1H3,(H2,14,15). The average Bonchev–Trinajstić information content (AvgIpc) is 2.63. The molecule has 1 aromatic heterocycles. The van der Waals surface area contributed by atoms with Crippen LogP contribution in [0.4, 0.5) is 20.3 Å². The van der Waals surface area contributed by atoms with Crippen molar-refractivity contribution in [2.45, 2.75) is 6.54 Å². The molecule has 2 rings (SSSR count). The first kappa shape index (κ1) is 11.4. The van der Waals surface area contributed by atoms with Gasteiger partial charge in [0.1, 0.15) is 11.6 Å². The van der Waals surface area contributed by atoms with E-state index in [2.05, 4.69) is 5.16 Å². The van der Waals surface area contributed by atoms with E-state index in [1.807, 2.05) is 0 Å². The number of nitrogen functional groups attached to an aromatic ring is 1. The van der Waals surface area contributed by atoms with Gasteiger partial charge in [-0.25, -0.2) is 8.78 Å². The molecule has 0 aliphatic heterocycles. The molecule has 0 atom stereocenters. The third-order valence-electron chi connectivity index (χ3n) is 2.29. The van der Waals surface area contributed by atoms with Crippen LogP contribution < -0.4 is 10.6 Å². The highest BCUT2D eigenvalue weighted by Gasteiger charge is 2.11. The summed E-state index contributed by atoms with van der Waals surface area (Å²) in [4.78, 5) is 1.58. The van der Waals surface area contributed by atoms with Gasteiger partial charge in [-0.3, -0.25) is 0 Å². The molecule has 0 radical (unpaired) electrons. The SMILES string of the molecule is CN(Cc1cc(N)no1)c1ccc(F)cc1F. The molecule has 0 saturated heterocycles. The van der Waals surface area contributed by atoms with Crippen LogP contribution in [0.15, 0.2) is 28.8 Å². The van der Waals surface area contributed by atoms with Gasteiger partial charge in [0.25, 0.3) is 0 Å². The molecule has 0 unspecified atom stereocenters. The minimum absolute atomic E-state index is 0.271. The molecule has 0 amide bonds. The minimum atomic E-state index is -0.625. The van der Waals surface area contributed by atoms with Gasteiger partial charge in [0.2, 0.25) is 0 Å². The van der Waals surface area contributed by atoms with Gasteiger partial charge in [0, 0.05) is 19.2 Å². The van der Waals surface area contributed by atoms with Gasteiger partial charge < -0.3 is 15.2 Å². The van der Waals surface area contributed by atoms with Crippen molar-refractivity contribution in [2.24, 2.45) is 0 Å². The Balaban J connectivity index is 2.17. The summed E-state index contributed by atoms with van der Waals surface area (Å²) in [5.74, 6) is -0.453. The van der Waals surface area contributed by atoms with Crippen LogP contribution in [-0.4, -0.2) is 12.2 Å². The smallest absolute Gasteiger partial charge is 0.167 e. The normalized spacial score (nSPS) is 10.5. The van der Waals surface area contributed by atoms with Gasteiger partial charge in [0.15, 0.2) is 11.6 Å². The van der Waals surface area contributed by atoms with Crippen LogP contribution >= 0.6 is 0 Å². The zero-order valence-corrected chi connectivity index (χ0v) is 9.15. The molecule has 17 heavy (non-hydrogen) atoms. The third-order valence-corrected chi connectivity index (χ3v) is 2.29. The van der Waals surface area contributed by atoms with E-state index in [0.717, 1.165) is 6.07 Å². The number of aromatic nitrogens is 1. The van der Waals surface area contributed by atoms with Crippen LogP contribution in [0.3, 0.4) is 0 Å². The quantitative estimate of drug-likeness (QED) is 0.891. The first-order chi connectivity index (χ1) is 8.06. The Kier molecular flexibility index (Phi) is 2.95. The van der Waals surface area contributed by atoms with E-state index in [1.54, 1.807) is 18.0 Å². The zero-order valence-electron chi connectivity index (χ0n) is 9.15. The van der Waals surface area contributed by atoms with Crippen molar-refractivity contribution in [3.05, 3.63) is 41.7 Å². The van der Waals surface area contributed by atoms with Crippen LogP contribution in [-0.2, 0) is 6.54 Å². The molecule has 2 N–H and O–H groups in total. The van der Waals surface area contributed by atoms with E-state index >= 15 is 0 Å². The van der Waals surface area contributed by atoms with Gasteiger partial charge in [-0.05, 0) is 12.1 Å². The van der Waals surface area contributed by atoms with Crippen molar-refractivity contribution in [2.75, 3.05) is 17.7 Å². The van der Waals surface area contributed by atoms with Crippen LogP contribution in [0.5, 0.6) is 0 Å². The third kappa shape index (κ3) is 2.52. The Labute approximate surface area is 96.6 Å². The molecule has 0 aliphatic rings. The molecule has 6 heteroatoms. The van der Waals surface area contributed by atoms with Gasteiger partial charge in [-0.2, -0.15) is 0 Å². The van der Waals surface area contributed by atoms with Crippen molar-refractivity contribution >= 4 is 11.5 Å². The van der Waals surface area contributed by atoms with Crippen LogP contribution in [0.2, 0.25) is 0 Å². The van der Waals surface area contributed by atoms with Crippen molar-refractivity contribution in [3.8, 4) is 0 Å². The maximum absolute atomic E-state index is 13.5. The minimum Gasteiger partial charge on any atom is -0.381 e. The van der Waals surface area contributed by atoms with E-state index in [9.17, 15) is 8.78 Å². The van der Waals surface area contributed by atoms with Gasteiger partial charge in [-0.1, -0.05) is 5.16 Å². The maximum Gasteiger partial charge on any atom is 0.167 e. The highest BCUT2D eigenvalue weighted by atomic mass is 19.1. The monoisotopic (exact) mass is 239 g/mol. The van der Waals surface area contributed by atoms with E-state index in [0.29, 0.717) is 12.3 Å². The molecule has 1 heterocycles. The first-order valence-electron chi connectivity index (χ1n) is 4.93. The molecule has 0 fully saturated rings. The van der Waals surface area contributed by atoms with Crippen molar-refractivity contribution in [1.82, 2.24) is 5.16 Å². The van der Waals surface area contributed by atoms with Crippen LogP contribution in [0, 0.1) is 11.6 Å². The lowest BCUT2D eigenvalue weighted by Crippen LogP contribution is -2.17. The molecule has 4 nitrogen and oxygen atoms in total. The van der Waals surface area contributed by atoms with Crippen molar-refractivity contribution in [3.63, 3.8) is 0 Å². The lowest BCUT2D eigenvalue weighted by molar-refractivity contribution is 0.385. The summed E-state index contributed by atoms with van der Waals surface area (Å²) >= 11 is 0. The Hall–Kier alpha value is -2.11. The number of hydrogen-bond donors (Lipinski definition) is 1. The fraction of sp³-hybridized carbons (Fsp3) is 0.182. The van der Waals surface area contributed by atoms with Crippen molar-refractivity contribution < 1.29 is 13.3 Å². The molecule has 90 valence electrons. The predicted molar refractivity (Wildman–Crippen MR) is 59.4 cm³/mol.